The van der Waals surface area contributed by atoms with Gasteiger partial charge in [0.25, 0.3) is 0 Å². The molecule has 0 amide bonds. The molecule has 142 valence electrons. The van der Waals surface area contributed by atoms with Gasteiger partial charge >= 0.3 is 21.2 Å². The Morgan fingerprint density at radius 2 is 1.50 bits per heavy atom. The quantitative estimate of drug-likeness (QED) is 0.0613. The molecule has 0 bridgehead atoms. The van der Waals surface area contributed by atoms with Crippen LogP contribution in [-0.4, -0.2) is 71.5 Å². The maximum atomic E-state index is 11.3. The maximum absolute atomic E-state index is 11.3. The topological polar surface area (TPSA) is 240 Å². The van der Waals surface area contributed by atoms with Crippen molar-refractivity contribution in [2.75, 3.05) is 19.1 Å². The third-order valence-electron chi connectivity index (χ3n) is 2.80. The van der Waals surface area contributed by atoms with Crippen LogP contribution in [0.1, 0.15) is 19.3 Å². The van der Waals surface area contributed by atoms with E-state index in [1.54, 1.807) is 0 Å². The lowest BCUT2D eigenvalue weighted by molar-refractivity contribution is -0.181. The van der Waals surface area contributed by atoms with Crippen LogP contribution in [0.3, 0.4) is 0 Å². The minimum Gasteiger partial charge on any atom is -0.478 e. The summed E-state index contributed by atoms with van der Waals surface area (Å²) in [6, 6.07) is 0. The van der Waals surface area contributed by atoms with Crippen LogP contribution in [-0.2, 0) is 13.9 Å². The van der Waals surface area contributed by atoms with Gasteiger partial charge in [0.2, 0.25) is 5.72 Å². The Bertz CT molecular complexity index is 531. The average molecular weight is 392 g/mol. The summed E-state index contributed by atoms with van der Waals surface area (Å²) < 4.78 is 22.2. The van der Waals surface area contributed by atoms with Gasteiger partial charge in [-0.3, -0.25) is 14.1 Å². The van der Waals surface area contributed by atoms with Crippen molar-refractivity contribution in [1.29, 1.82) is 0 Å². The van der Waals surface area contributed by atoms with Gasteiger partial charge in [0.05, 0.1) is 0 Å². The second-order valence-corrected chi connectivity index (χ2v) is 8.26. The monoisotopic (exact) mass is 392 g/mol. The highest BCUT2D eigenvalue weighted by atomic mass is 31.2. The van der Waals surface area contributed by atoms with Gasteiger partial charge in [0, 0.05) is 13.0 Å². The molecule has 0 aromatic heterocycles. The van der Waals surface area contributed by atoms with Crippen molar-refractivity contribution in [2.45, 2.75) is 25.0 Å². The van der Waals surface area contributed by atoms with Crippen LogP contribution in [0.5, 0.6) is 0 Å². The van der Waals surface area contributed by atoms with E-state index in [0.29, 0.717) is 0 Å². The normalized spacial score (nSPS) is 15.1. The molecule has 0 aliphatic heterocycles. The number of carboxylic acids is 1. The molecule has 0 spiro atoms. The Hall–Kier alpha value is -1.04. The van der Waals surface area contributed by atoms with E-state index in [2.05, 4.69) is 4.99 Å². The molecular weight excluding hydrogens is 370 g/mol. The van der Waals surface area contributed by atoms with Crippen LogP contribution in [0.2, 0.25) is 0 Å². The van der Waals surface area contributed by atoms with Crippen LogP contribution in [0.15, 0.2) is 4.99 Å². The smallest absolute Gasteiger partial charge is 0.351 e. The highest BCUT2D eigenvalue weighted by Crippen LogP contribution is 2.44. The van der Waals surface area contributed by atoms with Gasteiger partial charge in [-0.25, -0.2) is 9.69 Å². The summed E-state index contributed by atoms with van der Waals surface area (Å²) in [5.74, 6) is -2.08. The summed E-state index contributed by atoms with van der Waals surface area (Å²) in [7, 11) is -9.80. The summed E-state index contributed by atoms with van der Waals surface area (Å²) in [5, 5.41) is 19.4. The first kappa shape index (κ1) is 23.0. The van der Waals surface area contributed by atoms with E-state index in [1.807, 2.05) is 0 Å². The molecule has 0 aliphatic rings. The Kier molecular flexibility index (Phi) is 8.50. The molecule has 0 saturated heterocycles. The fourth-order valence-corrected chi connectivity index (χ4v) is 3.53. The number of carboxylic acid groups (broad SMARTS) is 1. The van der Waals surface area contributed by atoms with Crippen LogP contribution in [0, 0.1) is 0 Å². The van der Waals surface area contributed by atoms with Crippen LogP contribution in [0.25, 0.3) is 0 Å². The molecule has 13 nitrogen and oxygen atoms in total. The first-order chi connectivity index (χ1) is 10.7. The molecule has 0 aromatic rings. The molecule has 0 aromatic carbocycles. The van der Waals surface area contributed by atoms with Gasteiger partial charge in [-0.2, -0.15) is 0 Å². The molecule has 10 N–H and O–H groups in total. The average Bonchev–Trinajstić information content (AvgIpc) is 2.33. The zero-order valence-corrected chi connectivity index (χ0v) is 14.4. The Morgan fingerprint density at radius 1 is 1.04 bits per heavy atom. The summed E-state index contributed by atoms with van der Waals surface area (Å²) in [6.07, 6.45) is -2.99. The predicted molar refractivity (Wildman–Crippen MR) is 82.8 cm³/mol. The van der Waals surface area contributed by atoms with Crippen molar-refractivity contribution in [3.63, 3.8) is 0 Å². The summed E-state index contributed by atoms with van der Waals surface area (Å²) in [6.45, 7) is 0.120. The van der Waals surface area contributed by atoms with Crippen LogP contribution < -0.4 is 11.5 Å². The van der Waals surface area contributed by atoms with E-state index in [-0.39, 0.29) is 30.2 Å². The zero-order chi connectivity index (χ0) is 19.2. The first-order valence-electron chi connectivity index (χ1n) is 6.53. The molecular formula is C9H22N4O9P2. The predicted octanol–water partition coefficient (Wildman–Crippen LogP) is -2.22. The second kappa shape index (κ2) is 8.88. The number of hydrogen-bond donors (Lipinski definition) is 8. The number of aliphatic imine (C=N–C) groups is 1. The molecule has 24 heavy (non-hydrogen) atoms. The highest BCUT2D eigenvalue weighted by Gasteiger charge is 2.46. The first-order valence-corrected chi connectivity index (χ1v) is 10.1. The van der Waals surface area contributed by atoms with Gasteiger partial charge in [0.1, 0.15) is 12.6 Å². The lowest BCUT2D eigenvalue weighted by Gasteiger charge is -2.36. The van der Waals surface area contributed by atoms with Crippen molar-refractivity contribution in [3.8, 4) is 0 Å². The van der Waals surface area contributed by atoms with Crippen molar-refractivity contribution in [1.82, 2.24) is 4.90 Å². The fourth-order valence-electron chi connectivity index (χ4n) is 1.82. The second-order valence-electron chi connectivity index (χ2n) is 5.04. The molecule has 0 saturated carbocycles. The Morgan fingerprint density at radius 3 is 1.83 bits per heavy atom. The molecule has 0 fully saturated rings. The molecule has 0 heterocycles. The fraction of sp³-hybridized carbons (Fsp3) is 0.778. The summed E-state index contributed by atoms with van der Waals surface area (Å²) in [5.41, 5.74) is 7.32. The van der Waals surface area contributed by atoms with Gasteiger partial charge in [0.15, 0.2) is 5.96 Å². The van der Waals surface area contributed by atoms with Crippen molar-refractivity contribution >= 4 is 27.1 Å². The number of rotatable bonds is 11. The number of nitrogens with two attached hydrogens (primary N) is 2. The van der Waals surface area contributed by atoms with E-state index >= 15 is 0 Å². The number of nitrogens with zero attached hydrogens (tertiary/aromatic N) is 2. The third-order valence-corrected chi connectivity index (χ3v) is 4.22. The lowest BCUT2D eigenvalue weighted by Crippen LogP contribution is -2.55. The number of aliphatic carboxylic acids is 1. The van der Waals surface area contributed by atoms with E-state index in [4.69, 9.17) is 31.0 Å². The minimum absolute atomic E-state index is 0.0123. The maximum Gasteiger partial charge on any atom is 0.351 e. The number of carbonyl (C=O) groups is 1. The largest absolute Gasteiger partial charge is 0.478 e. The SMILES string of the molecule is NC(N)=NCCCC[C@@](O)(C(=O)O)N(CP(=O)(O)O)CP(=O)(O)O. The van der Waals surface area contributed by atoms with Crippen LogP contribution >= 0.6 is 15.2 Å². The molecule has 0 rings (SSSR count). The number of aliphatic hydroxyl groups is 1. The third kappa shape index (κ3) is 9.30. The van der Waals surface area contributed by atoms with E-state index < -0.39 is 45.9 Å². The standard InChI is InChI=1S/C9H22N4O9P2/c10-8(11)12-4-2-1-3-9(16,7(14)15)13(5-23(17,18)19)6-24(20,21)22/h16H,1-6H2,(H,14,15)(H4,10,11,12)(H2,17,18,19)(H2,20,21,22)/t9-/m1/s1. The van der Waals surface area contributed by atoms with Gasteiger partial charge in [-0.05, 0) is 12.8 Å². The minimum atomic E-state index is -4.90. The molecule has 0 aliphatic carbocycles. The van der Waals surface area contributed by atoms with Crippen LogP contribution in [0.4, 0.5) is 0 Å². The number of hydrogen-bond acceptors (Lipinski definition) is 6. The summed E-state index contributed by atoms with van der Waals surface area (Å²) >= 11 is 0. The van der Waals surface area contributed by atoms with Crippen molar-refractivity contribution in [3.05, 3.63) is 0 Å². The Labute approximate surface area is 137 Å². The van der Waals surface area contributed by atoms with Crippen molar-refractivity contribution < 1.29 is 43.7 Å². The number of unbranched alkanes of at least 4 members (excludes halogenated alkanes) is 1. The zero-order valence-electron chi connectivity index (χ0n) is 12.6. The van der Waals surface area contributed by atoms with Gasteiger partial charge in [-0.1, -0.05) is 0 Å². The van der Waals surface area contributed by atoms with Gasteiger partial charge in [-0.15, -0.1) is 0 Å². The molecule has 15 heteroatoms. The van der Waals surface area contributed by atoms with E-state index in [9.17, 15) is 24.1 Å². The molecule has 0 radical (unpaired) electrons. The molecule has 1 atom stereocenters. The van der Waals surface area contributed by atoms with E-state index in [0.717, 1.165) is 0 Å². The summed E-state index contributed by atoms with van der Waals surface area (Å²) in [4.78, 5) is 51.0. The number of guanidine groups is 1. The van der Waals surface area contributed by atoms with E-state index in [1.165, 1.54) is 0 Å². The highest BCUT2D eigenvalue weighted by molar-refractivity contribution is 7.52. The van der Waals surface area contributed by atoms with Gasteiger partial charge < -0.3 is 41.3 Å². The Balaban J connectivity index is 5.25. The molecule has 0 unspecified atom stereocenters. The lowest BCUT2D eigenvalue weighted by atomic mass is 10.0. The van der Waals surface area contributed by atoms with Crippen molar-refractivity contribution in [2.24, 2.45) is 16.5 Å².